The second kappa shape index (κ2) is 3.86. The van der Waals surface area contributed by atoms with Crippen LogP contribution in [0.5, 0.6) is 5.88 Å². The number of anilines is 1. The molecule has 1 aliphatic rings. The van der Waals surface area contributed by atoms with Crippen LogP contribution in [-0.2, 0) is 0 Å². The zero-order valence-electron chi connectivity index (χ0n) is 8.49. The van der Waals surface area contributed by atoms with Crippen LogP contribution in [0.2, 0.25) is 0 Å². The molecule has 0 radical (unpaired) electrons. The van der Waals surface area contributed by atoms with E-state index in [4.69, 9.17) is 10.5 Å². The summed E-state index contributed by atoms with van der Waals surface area (Å²) in [5.41, 5.74) is 7.59. The highest BCUT2D eigenvalue weighted by molar-refractivity contribution is 5.53. The molecule has 1 aliphatic carbocycles. The first kappa shape index (κ1) is 9.31. The number of pyridine rings is 1. The molecule has 3 heteroatoms. The molecule has 2 N–H and O–H groups in total. The van der Waals surface area contributed by atoms with Gasteiger partial charge in [0.1, 0.15) is 6.10 Å². The van der Waals surface area contributed by atoms with E-state index in [1.165, 1.54) is 12.8 Å². The van der Waals surface area contributed by atoms with Gasteiger partial charge in [0.2, 0.25) is 5.88 Å². The summed E-state index contributed by atoms with van der Waals surface area (Å²) in [7, 11) is 0. The molecule has 0 unspecified atom stereocenters. The molecule has 0 bridgehead atoms. The summed E-state index contributed by atoms with van der Waals surface area (Å²) in [5.74, 6) is 0.608. The van der Waals surface area contributed by atoms with Crippen molar-refractivity contribution < 1.29 is 4.74 Å². The van der Waals surface area contributed by atoms with Crippen molar-refractivity contribution >= 4 is 5.69 Å². The van der Waals surface area contributed by atoms with E-state index >= 15 is 0 Å². The average molecular weight is 192 g/mol. The average Bonchev–Trinajstić information content (AvgIpc) is 2.66. The summed E-state index contributed by atoms with van der Waals surface area (Å²) < 4.78 is 5.75. The third kappa shape index (κ3) is 1.81. The Labute approximate surface area is 84.3 Å². The lowest BCUT2D eigenvalue weighted by atomic mass is 10.2. The van der Waals surface area contributed by atoms with Gasteiger partial charge in [-0.15, -0.1) is 0 Å². The molecular formula is C11H16N2O. The predicted molar refractivity (Wildman–Crippen MR) is 56.3 cm³/mol. The van der Waals surface area contributed by atoms with Crippen LogP contribution in [0.15, 0.2) is 12.3 Å². The highest BCUT2D eigenvalue weighted by Crippen LogP contribution is 2.27. The molecule has 2 rings (SSSR count). The fourth-order valence-electron chi connectivity index (χ4n) is 1.80. The van der Waals surface area contributed by atoms with E-state index in [2.05, 4.69) is 4.98 Å². The molecule has 0 saturated heterocycles. The molecule has 14 heavy (non-hydrogen) atoms. The van der Waals surface area contributed by atoms with Crippen molar-refractivity contribution in [3.05, 3.63) is 17.8 Å². The molecule has 0 aliphatic heterocycles. The van der Waals surface area contributed by atoms with Crippen LogP contribution in [0, 0.1) is 6.92 Å². The van der Waals surface area contributed by atoms with E-state index in [1.54, 1.807) is 6.20 Å². The van der Waals surface area contributed by atoms with Crippen LogP contribution in [0.3, 0.4) is 0 Å². The van der Waals surface area contributed by atoms with E-state index < -0.39 is 0 Å². The fraction of sp³-hybridized carbons (Fsp3) is 0.545. The highest BCUT2D eigenvalue weighted by atomic mass is 16.5. The van der Waals surface area contributed by atoms with Crippen molar-refractivity contribution in [3.63, 3.8) is 0 Å². The second-order valence-electron chi connectivity index (χ2n) is 3.87. The minimum absolute atomic E-state index is 0.326. The van der Waals surface area contributed by atoms with Crippen LogP contribution in [0.4, 0.5) is 5.69 Å². The van der Waals surface area contributed by atoms with Gasteiger partial charge in [-0.1, -0.05) is 0 Å². The van der Waals surface area contributed by atoms with Crippen molar-refractivity contribution in [2.45, 2.75) is 38.7 Å². The van der Waals surface area contributed by atoms with Crippen LogP contribution in [0.1, 0.15) is 31.2 Å². The van der Waals surface area contributed by atoms with Gasteiger partial charge in [0.25, 0.3) is 0 Å². The Morgan fingerprint density at radius 2 is 2.14 bits per heavy atom. The molecular weight excluding hydrogens is 176 g/mol. The van der Waals surface area contributed by atoms with E-state index in [9.17, 15) is 0 Å². The fourth-order valence-corrected chi connectivity index (χ4v) is 1.80. The minimum atomic E-state index is 0.326. The zero-order valence-corrected chi connectivity index (χ0v) is 8.49. The van der Waals surface area contributed by atoms with Gasteiger partial charge in [0, 0.05) is 6.20 Å². The Morgan fingerprint density at radius 3 is 2.86 bits per heavy atom. The maximum atomic E-state index is 5.87. The van der Waals surface area contributed by atoms with Crippen molar-refractivity contribution in [2.24, 2.45) is 0 Å². The highest BCUT2D eigenvalue weighted by Gasteiger charge is 2.18. The van der Waals surface area contributed by atoms with Gasteiger partial charge in [-0.3, -0.25) is 0 Å². The molecule has 1 aromatic heterocycles. The molecule has 1 heterocycles. The molecule has 0 spiro atoms. The quantitative estimate of drug-likeness (QED) is 0.782. The van der Waals surface area contributed by atoms with E-state index in [0.717, 1.165) is 18.4 Å². The topological polar surface area (TPSA) is 48.1 Å². The lowest BCUT2D eigenvalue weighted by molar-refractivity contribution is 0.203. The molecule has 76 valence electrons. The van der Waals surface area contributed by atoms with Crippen LogP contribution in [0.25, 0.3) is 0 Å². The van der Waals surface area contributed by atoms with Gasteiger partial charge in [-0.25, -0.2) is 4.98 Å². The SMILES string of the molecule is Cc1ccnc(OC2CCCC2)c1N. The number of hydrogen-bond acceptors (Lipinski definition) is 3. The molecule has 0 aromatic carbocycles. The predicted octanol–water partition coefficient (Wildman–Crippen LogP) is 2.29. The number of rotatable bonds is 2. The van der Waals surface area contributed by atoms with Gasteiger partial charge in [0.15, 0.2) is 0 Å². The molecule has 0 atom stereocenters. The van der Waals surface area contributed by atoms with Crippen LogP contribution in [-0.4, -0.2) is 11.1 Å². The molecule has 1 fully saturated rings. The first-order valence-electron chi connectivity index (χ1n) is 5.15. The van der Waals surface area contributed by atoms with Crippen LogP contribution < -0.4 is 10.5 Å². The standard InChI is InChI=1S/C11H16N2O/c1-8-6-7-13-11(10(8)12)14-9-4-2-3-5-9/h6-7,9H,2-5,12H2,1H3. The summed E-state index contributed by atoms with van der Waals surface area (Å²) in [4.78, 5) is 4.16. The summed E-state index contributed by atoms with van der Waals surface area (Å²) in [6, 6.07) is 1.90. The van der Waals surface area contributed by atoms with Crippen molar-refractivity contribution in [1.82, 2.24) is 4.98 Å². The van der Waals surface area contributed by atoms with Crippen LogP contribution >= 0.6 is 0 Å². The third-order valence-corrected chi connectivity index (χ3v) is 2.75. The first-order chi connectivity index (χ1) is 6.77. The summed E-state index contributed by atoms with van der Waals surface area (Å²) in [6.07, 6.45) is 6.86. The maximum Gasteiger partial charge on any atom is 0.237 e. The molecule has 1 aromatic rings. The Kier molecular flexibility index (Phi) is 2.57. The third-order valence-electron chi connectivity index (χ3n) is 2.75. The number of nitrogen functional groups attached to an aromatic ring is 1. The van der Waals surface area contributed by atoms with Crippen molar-refractivity contribution in [1.29, 1.82) is 0 Å². The minimum Gasteiger partial charge on any atom is -0.473 e. The van der Waals surface area contributed by atoms with Crippen molar-refractivity contribution in [2.75, 3.05) is 5.73 Å². The van der Waals surface area contributed by atoms with Gasteiger partial charge >= 0.3 is 0 Å². The second-order valence-corrected chi connectivity index (χ2v) is 3.87. The van der Waals surface area contributed by atoms with Gasteiger partial charge in [-0.05, 0) is 44.2 Å². The lowest BCUT2D eigenvalue weighted by Crippen LogP contribution is -2.13. The van der Waals surface area contributed by atoms with E-state index in [1.807, 2.05) is 13.0 Å². The number of aromatic nitrogens is 1. The molecule has 0 amide bonds. The number of ether oxygens (including phenoxy) is 1. The maximum absolute atomic E-state index is 5.87. The number of nitrogens with two attached hydrogens (primary N) is 1. The van der Waals surface area contributed by atoms with Crippen molar-refractivity contribution in [3.8, 4) is 5.88 Å². The van der Waals surface area contributed by atoms with E-state index in [0.29, 0.717) is 17.7 Å². The largest absolute Gasteiger partial charge is 0.473 e. The van der Waals surface area contributed by atoms with Gasteiger partial charge in [-0.2, -0.15) is 0 Å². The Hall–Kier alpha value is -1.25. The summed E-state index contributed by atoms with van der Waals surface area (Å²) in [6.45, 7) is 1.97. The number of aryl methyl sites for hydroxylation is 1. The first-order valence-corrected chi connectivity index (χ1v) is 5.15. The summed E-state index contributed by atoms with van der Waals surface area (Å²) in [5, 5.41) is 0. The Balaban J connectivity index is 2.11. The number of nitrogens with zero attached hydrogens (tertiary/aromatic N) is 1. The monoisotopic (exact) mass is 192 g/mol. The normalized spacial score (nSPS) is 17.2. The lowest BCUT2D eigenvalue weighted by Gasteiger charge is -2.14. The Morgan fingerprint density at radius 1 is 1.43 bits per heavy atom. The Bertz CT molecular complexity index is 319. The van der Waals surface area contributed by atoms with Gasteiger partial charge in [0.05, 0.1) is 5.69 Å². The smallest absolute Gasteiger partial charge is 0.237 e. The number of hydrogen-bond donors (Lipinski definition) is 1. The molecule has 3 nitrogen and oxygen atoms in total. The summed E-state index contributed by atoms with van der Waals surface area (Å²) >= 11 is 0. The van der Waals surface area contributed by atoms with Gasteiger partial charge < -0.3 is 10.5 Å². The molecule has 1 saturated carbocycles. The van der Waals surface area contributed by atoms with E-state index in [-0.39, 0.29) is 0 Å². The zero-order chi connectivity index (χ0) is 9.97.